The summed E-state index contributed by atoms with van der Waals surface area (Å²) in [6.07, 6.45) is 1.37. The van der Waals surface area contributed by atoms with Crippen molar-refractivity contribution in [2.45, 2.75) is 18.9 Å². The molecule has 0 amide bonds. The average molecular weight is 281 g/mol. The summed E-state index contributed by atoms with van der Waals surface area (Å²) in [5.41, 5.74) is 1.66. The third-order valence-corrected chi connectivity index (χ3v) is 3.38. The first-order valence-corrected chi connectivity index (χ1v) is 6.12. The molecule has 0 saturated carbocycles. The molecular formula is C12H13BrN2O. The first kappa shape index (κ1) is 11.4. The number of benzene rings is 1. The average Bonchev–Trinajstić information content (AvgIpc) is 2.30. The summed E-state index contributed by atoms with van der Waals surface area (Å²) in [7, 11) is 0. The number of aliphatic hydroxyl groups excluding tert-OH is 1. The highest BCUT2D eigenvalue weighted by molar-refractivity contribution is 9.10. The number of hydrogen-bond acceptors (Lipinski definition) is 3. The number of nitrogens with zero attached hydrogens (tertiary/aromatic N) is 2. The Morgan fingerprint density at radius 1 is 1.38 bits per heavy atom. The number of anilines is 1. The van der Waals surface area contributed by atoms with Crippen molar-refractivity contribution in [1.82, 2.24) is 0 Å². The Labute approximate surface area is 103 Å². The van der Waals surface area contributed by atoms with E-state index in [2.05, 4.69) is 26.9 Å². The van der Waals surface area contributed by atoms with Gasteiger partial charge in [-0.05, 0) is 31.0 Å². The maximum Gasteiger partial charge on any atom is 0.101 e. The summed E-state index contributed by atoms with van der Waals surface area (Å²) >= 11 is 3.36. The van der Waals surface area contributed by atoms with Crippen molar-refractivity contribution in [1.29, 1.82) is 5.26 Å². The molecule has 16 heavy (non-hydrogen) atoms. The highest BCUT2D eigenvalue weighted by atomic mass is 79.9. The first-order chi connectivity index (χ1) is 7.70. The summed E-state index contributed by atoms with van der Waals surface area (Å²) in [5.74, 6) is 0. The molecule has 0 unspecified atom stereocenters. The lowest BCUT2D eigenvalue weighted by Gasteiger charge is -2.32. The van der Waals surface area contributed by atoms with Crippen LogP contribution in [0.3, 0.4) is 0 Å². The summed E-state index contributed by atoms with van der Waals surface area (Å²) < 4.78 is 0.921. The Kier molecular flexibility index (Phi) is 3.47. The van der Waals surface area contributed by atoms with E-state index < -0.39 is 0 Å². The van der Waals surface area contributed by atoms with Crippen LogP contribution in [0, 0.1) is 11.3 Å². The minimum atomic E-state index is -0.183. The zero-order valence-electron chi connectivity index (χ0n) is 8.86. The molecule has 1 aliphatic rings. The second-order valence-electron chi connectivity index (χ2n) is 3.99. The van der Waals surface area contributed by atoms with E-state index >= 15 is 0 Å². The van der Waals surface area contributed by atoms with E-state index in [1.165, 1.54) is 0 Å². The summed E-state index contributed by atoms with van der Waals surface area (Å²) in [6.45, 7) is 1.63. The van der Waals surface area contributed by atoms with Gasteiger partial charge < -0.3 is 10.0 Å². The van der Waals surface area contributed by atoms with Crippen LogP contribution in [0.5, 0.6) is 0 Å². The minimum absolute atomic E-state index is 0.183. The van der Waals surface area contributed by atoms with Crippen molar-refractivity contribution in [2.24, 2.45) is 0 Å². The maximum atomic E-state index is 9.45. The monoisotopic (exact) mass is 280 g/mol. The lowest BCUT2D eigenvalue weighted by atomic mass is 10.1. The summed E-state index contributed by atoms with van der Waals surface area (Å²) in [4.78, 5) is 2.16. The van der Waals surface area contributed by atoms with Gasteiger partial charge >= 0.3 is 0 Å². The van der Waals surface area contributed by atoms with Gasteiger partial charge in [0.25, 0.3) is 0 Å². The van der Waals surface area contributed by atoms with Crippen molar-refractivity contribution >= 4 is 21.6 Å². The van der Waals surface area contributed by atoms with Gasteiger partial charge in [0.1, 0.15) is 6.07 Å². The number of rotatable bonds is 1. The van der Waals surface area contributed by atoms with Crippen LogP contribution in [0.1, 0.15) is 18.4 Å². The van der Waals surface area contributed by atoms with E-state index in [9.17, 15) is 5.11 Å². The molecule has 84 valence electrons. The Morgan fingerprint density at radius 3 is 2.69 bits per heavy atom. The molecule has 0 radical (unpaired) electrons. The van der Waals surface area contributed by atoms with Crippen LogP contribution in [0.15, 0.2) is 22.7 Å². The lowest BCUT2D eigenvalue weighted by Crippen LogP contribution is -2.36. The topological polar surface area (TPSA) is 47.3 Å². The smallest absolute Gasteiger partial charge is 0.101 e. The largest absolute Gasteiger partial charge is 0.393 e. The van der Waals surface area contributed by atoms with Crippen LogP contribution in [0.2, 0.25) is 0 Å². The molecule has 1 N–H and O–H groups in total. The van der Waals surface area contributed by atoms with Crippen LogP contribution >= 0.6 is 15.9 Å². The Morgan fingerprint density at radius 2 is 2.06 bits per heavy atom. The zero-order valence-corrected chi connectivity index (χ0v) is 10.4. The number of nitriles is 1. The van der Waals surface area contributed by atoms with E-state index in [-0.39, 0.29) is 6.10 Å². The molecule has 4 heteroatoms. The number of aliphatic hydroxyl groups is 1. The van der Waals surface area contributed by atoms with E-state index in [0.29, 0.717) is 5.56 Å². The van der Waals surface area contributed by atoms with Crippen molar-refractivity contribution in [3.63, 3.8) is 0 Å². The molecule has 0 aromatic heterocycles. The third-order valence-electron chi connectivity index (χ3n) is 2.88. The second kappa shape index (κ2) is 4.86. The molecule has 1 heterocycles. The predicted octanol–water partition coefficient (Wildman–Crippen LogP) is 2.28. The van der Waals surface area contributed by atoms with Crippen molar-refractivity contribution in [3.05, 3.63) is 28.2 Å². The second-order valence-corrected chi connectivity index (χ2v) is 4.91. The van der Waals surface area contributed by atoms with Gasteiger partial charge in [0.15, 0.2) is 0 Å². The number of piperidine rings is 1. The van der Waals surface area contributed by atoms with Crippen LogP contribution in [0.4, 0.5) is 5.69 Å². The Bertz CT molecular complexity index is 420. The van der Waals surface area contributed by atoms with E-state index in [4.69, 9.17) is 5.26 Å². The molecule has 0 atom stereocenters. The van der Waals surface area contributed by atoms with E-state index in [0.717, 1.165) is 36.1 Å². The first-order valence-electron chi connectivity index (χ1n) is 5.33. The molecule has 1 aromatic carbocycles. The van der Waals surface area contributed by atoms with Crippen molar-refractivity contribution < 1.29 is 5.11 Å². The van der Waals surface area contributed by atoms with Gasteiger partial charge in [0.05, 0.1) is 17.4 Å². The molecule has 1 fully saturated rings. The van der Waals surface area contributed by atoms with Crippen LogP contribution in [-0.2, 0) is 0 Å². The van der Waals surface area contributed by atoms with Gasteiger partial charge in [-0.3, -0.25) is 0 Å². The zero-order chi connectivity index (χ0) is 11.5. The van der Waals surface area contributed by atoms with Gasteiger partial charge in [-0.1, -0.05) is 15.9 Å². The van der Waals surface area contributed by atoms with Gasteiger partial charge in [-0.2, -0.15) is 5.26 Å². The molecule has 1 saturated heterocycles. The minimum Gasteiger partial charge on any atom is -0.393 e. The van der Waals surface area contributed by atoms with Crippen LogP contribution < -0.4 is 4.90 Å². The van der Waals surface area contributed by atoms with E-state index in [1.807, 2.05) is 18.2 Å². The van der Waals surface area contributed by atoms with Crippen molar-refractivity contribution in [2.75, 3.05) is 18.0 Å². The summed E-state index contributed by atoms with van der Waals surface area (Å²) in [5, 5.41) is 18.5. The maximum absolute atomic E-state index is 9.45. The fraction of sp³-hybridized carbons (Fsp3) is 0.417. The molecule has 0 spiro atoms. The summed E-state index contributed by atoms with van der Waals surface area (Å²) in [6, 6.07) is 7.95. The normalized spacial score (nSPS) is 17.2. The third kappa shape index (κ3) is 2.37. The van der Waals surface area contributed by atoms with Gasteiger partial charge in [-0.25, -0.2) is 0 Å². The molecular weight excluding hydrogens is 268 g/mol. The Balaban J connectivity index is 2.24. The van der Waals surface area contributed by atoms with Gasteiger partial charge in [0, 0.05) is 17.6 Å². The van der Waals surface area contributed by atoms with Gasteiger partial charge in [-0.15, -0.1) is 0 Å². The quantitative estimate of drug-likeness (QED) is 0.859. The van der Waals surface area contributed by atoms with Crippen LogP contribution in [-0.4, -0.2) is 24.3 Å². The fourth-order valence-corrected chi connectivity index (χ4v) is 2.34. The van der Waals surface area contributed by atoms with E-state index in [1.54, 1.807) is 0 Å². The highest BCUT2D eigenvalue weighted by Gasteiger charge is 2.19. The lowest BCUT2D eigenvalue weighted by molar-refractivity contribution is 0.145. The SMILES string of the molecule is N#Cc1cc(Br)ccc1N1CCC(O)CC1. The van der Waals surface area contributed by atoms with Gasteiger partial charge in [0.2, 0.25) is 0 Å². The predicted molar refractivity (Wildman–Crippen MR) is 66.3 cm³/mol. The Hall–Kier alpha value is -1.05. The number of halogens is 1. The molecule has 1 aliphatic heterocycles. The molecule has 0 bridgehead atoms. The molecule has 3 nitrogen and oxygen atoms in total. The standard InChI is InChI=1S/C12H13BrN2O/c13-10-1-2-12(9(7-10)8-14)15-5-3-11(16)4-6-15/h1-2,7,11,16H,3-6H2. The molecule has 2 rings (SSSR count). The number of hydrogen-bond donors (Lipinski definition) is 1. The molecule has 0 aliphatic carbocycles. The highest BCUT2D eigenvalue weighted by Crippen LogP contribution is 2.26. The fourth-order valence-electron chi connectivity index (χ4n) is 1.98. The van der Waals surface area contributed by atoms with Crippen molar-refractivity contribution in [3.8, 4) is 6.07 Å². The molecule has 1 aromatic rings. The van der Waals surface area contributed by atoms with Crippen LogP contribution in [0.25, 0.3) is 0 Å².